The second kappa shape index (κ2) is 6.84. The van der Waals surface area contributed by atoms with Crippen molar-refractivity contribution >= 4 is 28.5 Å². The summed E-state index contributed by atoms with van der Waals surface area (Å²) in [5.74, 6) is 0. The first-order chi connectivity index (χ1) is 12.0. The largest absolute Gasteiger partial charge is 0.425 e. The van der Waals surface area contributed by atoms with Gasteiger partial charge in [-0.2, -0.15) is 0 Å². The molecule has 0 aliphatic carbocycles. The quantitative estimate of drug-likeness (QED) is 0.775. The van der Waals surface area contributed by atoms with Crippen molar-refractivity contribution in [2.45, 2.75) is 20.1 Å². The Morgan fingerprint density at radius 1 is 1.24 bits per heavy atom. The van der Waals surface area contributed by atoms with Crippen molar-refractivity contribution in [3.63, 3.8) is 0 Å². The fourth-order valence-corrected chi connectivity index (χ4v) is 2.69. The van der Waals surface area contributed by atoms with Crippen LogP contribution in [-0.4, -0.2) is 29.7 Å². The molecule has 1 atom stereocenters. The Kier molecular flexibility index (Phi) is 4.61. The van der Waals surface area contributed by atoms with Crippen molar-refractivity contribution in [1.82, 2.24) is 9.55 Å². The maximum atomic E-state index is 12.2. The van der Waals surface area contributed by atoms with Crippen LogP contribution in [0.2, 0.25) is 0 Å². The number of amides is 1. The number of anilines is 2. The number of nitrogens with zero attached hydrogens (tertiary/aromatic N) is 3. The van der Waals surface area contributed by atoms with Gasteiger partial charge in [-0.15, -0.1) is 0 Å². The number of hydrogen-bond donors (Lipinski definition) is 1. The Hall–Kier alpha value is -3.02. The Bertz CT molecular complexity index is 901. The van der Waals surface area contributed by atoms with Crippen LogP contribution in [0.1, 0.15) is 18.7 Å². The van der Waals surface area contributed by atoms with Gasteiger partial charge in [0.25, 0.3) is 0 Å². The van der Waals surface area contributed by atoms with Gasteiger partial charge in [0.05, 0.1) is 17.4 Å². The Morgan fingerprint density at radius 3 is 2.72 bits per heavy atom. The summed E-state index contributed by atoms with van der Waals surface area (Å²) in [5, 5.41) is 2.80. The first-order valence-electron chi connectivity index (χ1n) is 8.13. The van der Waals surface area contributed by atoms with Crippen LogP contribution in [0.3, 0.4) is 0 Å². The van der Waals surface area contributed by atoms with Crippen LogP contribution in [0, 0.1) is 6.92 Å². The lowest BCUT2D eigenvalue weighted by Gasteiger charge is -2.18. The molecule has 0 bridgehead atoms. The maximum Gasteiger partial charge on any atom is 0.413 e. The third-order valence-corrected chi connectivity index (χ3v) is 4.11. The fraction of sp³-hybridized carbons (Fsp3) is 0.263. The molecule has 3 rings (SSSR count). The Morgan fingerprint density at radius 2 is 2.00 bits per heavy atom. The van der Waals surface area contributed by atoms with E-state index in [-0.39, 0.29) is 0 Å². The third-order valence-electron chi connectivity index (χ3n) is 4.11. The van der Waals surface area contributed by atoms with E-state index in [4.69, 9.17) is 4.74 Å². The molecule has 2 aromatic carbocycles. The van der Waals surface area contributed by atoms with Gasteiger partial charge < -0.3 is 9.64 Å². The van der Waals surface area contributed by atoms with E-state index in [0.717, 1.165) is 28.0 Å². The molecule has 0 saturated heterocycles. The van der Waals surface area contributed by atoms with Crippen LogP contribution in [-0.2, 0) is 4.74 Å². The topological polar surface area (TPSA) is 59.4 Å². The van der Waals surface area contributed by atoms with E-state index < -0.39 is 12.3 Å². The van der Waals surface area contributed by atoms with Crippen molar-refractivity contribution in [3.05, 3.63) is 54.4 Å². The zero-order valence-electron chi connectivity index (χ0n) is 14.9. The molecule has 0 spiro atoms. The summed E-state index contributed by atoms with van der Waals surface area (Å²) in [6.45, 7) is 3.77. The van der Waals surface area contributed by atoms with Crippen molar-refractivity contribution in [3.8, 4) is 0 Å². The van der Waals surface area contributed by atoms with Gasteiger partial charge in [-0.05, 0) is 49.7 Å². The lowest BCUT2D eigenvalue weighted by atomic mass is 10.1. The van der Waals surface area contributed by atoms with Gasteiger partial charge in [-0.1, -0.05) is 12.1 Å². The molecular formula is C19H22N4O2. The highest BCUT2D eigenvalue weighted by Crippen LogP contribution is 2.23. The lowest BCUT2D eigenvalue weighted by molar-refractivity contribution is 0.0821. The molecule has 0 aliphatic heterocycles. The molecule has 0 aliphatic rings. The number of hydrogen-bond acceptors (Lipinski definition) is 4. The number of rotatable bonds is 4. The minimum absolute atomic E-state index is 0.464. The number of benzene rings is 2. The van der Waals surface area contributed by atoms with E-state index in [2.05, 4.69) is 10.3 Å². The first-order valence-corrected chi connectivity index (χ1v) is 8.13. The van der Waals surface area contributed by atoms with Crippen molar-refractivity contribution in [1.29, 1.82) is 0 Å². The van der Waals surface area contributed by atoms with Gasteiger partial charge >= 0.3 is 6.09 Å². The van der Waals surface area contributed by atoms with Crippen LogP contribution in [0.4, 0.5) is 16.2 Å². The van der Waals surface area contributed by atoms with Gasteiger partial charge in [0, 0.05) is 25.5 Å². The third kappa shape index (κ3) is 3.57. The van der Waals surface area contributed by atoms with Crippen molar-refractivity contribution < 1.29 is 9.53 Å². The number of nitrogens with one attached hydrogen (secondary N) is 1. The standard InChI is InChI=1S/C19H22N4O2/c1-13-11-15(22(3)4)9-10-16(13)21-19(24)25-14(2)23-12-20-17-7-5-6-8-18(17)23/h5-12,14H,1-4H3,(H,21,24). The summed E-state index contributed by atoms with van der Waals surface area (Å²) >= 11 is 0. The number of aryl methyl sites for hydroxylation is 1. The second-order valence-corrected chi connectivity index (χ2v) is 6.16. The monoisotopic (exact) mass is 338 g/mol. The van der Waals surface area contributed by atoms with Crippen LogP contribution in [0.15, 0.2) is 48.8 Å². The molecule has 130 valence electrons. The van der Waals surface area contributed by atoms with Gasteiger partial charge in [0.15, 0.2) is 6.23 Å². The van der Waals surface area contributed by atoms with Crippen LogP contribution < -0.4 is 10.2 Å². The highest BCUT2D eigenvalue weighted by molar-refractivity contribution is 5.86. The van der Waals surface area contributed by atoms with Crippen LogP contribution in [0.25, 0.3) is 11.0 Å². The van der Waals surface area contributed by atoms with E-state index in [1.165, 1.54) is 0 Å². The minimum atomic E-state index is -0.494. The number of imidazole rings is 1. The summed E-state index contributed by atoms with van der Waals surface area (Å²) in [6.07, 6.45) is 0.722. The number of carbonyl (C=O) groups excluding carboxylic acids is 1. The fourth-order valence-electron chi connectivity index (χ4n) is 2.69. The summed E-state index contributed by atoms with van der Waals surface area (Å²) in [5.41, 5.74) is 4.58. The molecule has 1 unspecified atom stereocenters. The van der Waals surface area contributed by atoms with Gasteiger partial charge in [0.1, 0.15) is 0 Å². The molecule has 1 aromatic heterocycles. The van der Waals surface area contributed by atoms with Crippen molar-refractivity contribution in [2.24, 2.45) is 0 Å². The van der Waals surface area contributed by atoms with Crippen LogP contribution in [0.5, 0.6) is 0 Å². The molecule has 6 heteroatoms. The summed E-state index contributed by atoms with van der Waals surface area (Å²) in [7, 11) is 3.96. The molecule has 25 heavy (non-hydrogen) atoms. The van der Waals surface area contributed by atoms with Crippen LogP contribution >= 0.6 is 0 Å². The van der Waals surface area contributed by atoms with E-state index in [0.29, 0.717) is 0 Å². The highest BCUT2D eigenvalue weighted by atomic mass is 16.6. The van der Waals surface area contributed by atoms with E-state index in [1.54, 1.807) is 6.33 Å². The number of carbonyl (C=O) groups is 1. The average Bonchev–Trinajstić information content (AvgIpc) is 3.00. The number of para-hydroxylation sites is 2. The number of ether oxygens (including phenoxy) is 1. The first kappa shape index (κ1) is 16.8. The highest BCUT2D eigenvalue weighted by Gasteiger charge is 2.14. The van der Waals surface area contributed by atoms with Gasteiger partial charge in [0.2, 0.25) is 0 Å². The normalized spacial score (nSPS) is 12.0. The molecule has 3 aromatic rings. The molecule has 1 amide bonds. The molecule has 1 heterocycles. The zero-order valence-corrected chi connectivity index (χ0v) is 14.9. The van der Waals surface area contributed by atoms with E-state index >= 15 is 0 Å². The minimum Gasteiger partial charge on any atom is -0.425 e. The zero-order chi connectivity index (χ0) is 18.0. The molecule has 0 radical (unpaired) electrons. The predicted molar refractivity (Wildman–Crippen MR) is 100 cm³/mol. The Labute approximate surface area is 147 Å². The summed E-state index contributed by atoms with van der Waals surface area (Å²) in [6, 6.07) is 13.6. The molecular weight excluding hydrogens is 316 g/mol. The average molecular weight is 338 g/mol. The smallest absolute Gasteiger partial charge is 0.413 e. The van der Waals surface area contributed by atoms with E-state index in [1.807, 2.05) is 79.9 Å². The molecule has 1 N–H and O–H groups in total. The predicted octanol–water partition coefficient (Wildman–Crippen LogP) is 4.18. The molecule has 6 nitrogen and oxygen atoms in total. The summed E-state index contributed by atoms with van der Waals surface area (Å²) < 4.78 is 7.33. The van der Waals surface area contributed by atoms with E-state index in [9.17, 15) is 4.79 Å². The SMILES string of the molecule is Cc1cc(N(C)C)ccc1NC(=O)OC(C)n1cnc2ccccc21. The molecule has 0 saturated carbocycles. The lowest BCUT2D eigenvalue weighted by Crippen LogP contribution is -2.19. The summed E-state index contributed by atoms with van der Waals surface area (Å²) in [4.78, 5) is 18.6. The van der Waals surface area contributed by atoms with Gasteiger partial charge in [-0.3, -0.25) is 9.88 Å². The molecule has 0 fully saturated rings. The second-order valence-electron chi connectivity index (χ2n) is 6.16. The Balaban J connectivity index is 1.70. The number of aromatic nitrogens is 2. The van der Waals surface area contributed by atoms with Crippen molar-refractivity contribution in [2.75, 3.05) is 24.3 Å². The van der Waals surface area contributed by atoms with Gasteiger partial charge in [-0.25, -0.2) is 9.78 Å². The maximum absolute atomic E-state index is 12.2. The number of fused-ring (bicyclic) bond motifs is 1.